The predicted octanol–water partition coefficient (Wildman–Crippen LogP) is 2.96. The van der Waals surface area contributed by atoms with E-state index in [2.05, 4.69) is 9.97 Å². The van der Waals surface area contributed by atoms with Gasteiger partial charge in [0.05, 0.1) is 11.6 Å². The van der Waals surface area contributed by atoms with Crippen LogP contribution >= 0.6 is 11.3 Å². The topological polar surface area (TPSA) is 56.7 Å². The van der Waals surface area contributed by atoms with Crippen molar-refractivity contribution >= 4 is 28.3 Å². The van der Waals surface area contributed by atoms with Crippen LogP contribution in [0.5, 0.6) is 0 Å². The molecule has 7 heteroatoms. The molecular formula is C12H10F2N4S. The monoisotopic (exact) mass is 280 g/mol. The summed E-state index contributed by atoms with van der Waals surface area (Å²) in [5.41, 5.74) is 6.22. The number of rotatable bonds is 2. The summed E-state index contributed by atoms with van der Waals surface area (Å²) >= 11 is 1.45. The first-order chi connectivity index (χ1) is 9.08. The van der Waals surface area contributed by atoms with Gasteiger partial charge in [-0.3, -0.25) is 0 Å². The van der Waals surface area contributed by atoms with Crippen LogP contribution in [0.3, 0.4) is 0 Å². The van der Waals surface area contributed by atoms with E-state index < -0.39 is 11.6 Å². The summed E-state index contributed by atoms with van der Waals surface area (Å²) in [4.78, 5) is 8.15. The van der Waals surface area contributed by atoms with Gasteiger partial charge in [-0.05, 0) is 6.92 Å². The second-order valence-corrected chi connectivity index (χ2v) is 5.07. The number of imidazole rings is 1. The first-order valence-electron chi connectivity index (χ1n) is 5.59. The number of halogens is 2. The molecule has 1 unspecified atom stereocenters. The molecule has 0 aliphatic rings. The van der Waals surface area contributed by atoms with Gasteiger partial charge in [0.1, 0.15) is 16.3 Å². The van der Waals surface area contributed by atoms with Crippen LogP contribution < -0.4 is 5.73 Å². The van der Waals surface area contributed by atoms with Gasteiger partial charge in [-0.1, -0.05) is 0 Å². The molecule has 0 saturated carbocycles. The lowest BCUT2D eigenvalue weighted by Gasteiger charge is -2.13. The Labute approximate surface area is 111 Å². The summed E-state index contributed by atoms with van der Waals surface area (Å²) in [7, 11) is 0. The first-order valence-corrected chi connectivity index (χ1v) is 6.47. The minimum absolute atomic E-state index is 0.0716. The molecule has 2 heterocycles. The molecule has 0 spiro atoms. The number of fused-ring (bicyclic) bond motifs is 1. The van der Waals surface area contributed by atoms with Gasteiger partial charge in [0.15, 0.2) is 5.82 Å². The number of hydrogen-bond donors (Lipinski definition) is 1. The predicted molar refractivity (Wildman–Crippen MR) is 70.0 cm³/mol. The molecule has 0 aliphatic heterocycles. The number of thiazole rings is 1. The van der Waals surface area contributed by atoms with Gasteiger partial charge in [-0.25, -0.2) is 18.7 Å². The largest absolute Gasteiger partial charge is 0.369 e. The van der Waals surface area contributed by atoms with E-state index in [1.165, 1.54) is 17.4 Å². The van der Waals surface area contributed by atoms with Crippen molar-refractivity contribution in [3.05, 3.63) is 40.4 Å². The highest BCUT2D eigenvalue weighted by molar-refractivity contribution is 7.09. The highest BCUT2D eigenvalue weighted by Gasteiger charge is 2.20. The van der Waals surface area contributed by atoms with E-state index in [4.69, 9.17) is 5.73 Å². The second-order valence-electron chi connectivity index (χ2n) is 4.14. The number of hydrogen-bond acceptors (Lipinski definition) is 4. The average Bonchev–Trinajstić information content (AvgIpc) is 2.95. The standard InChI is InChI=1S/C12H10F2N4S/c1-6(11-16-2-3-19-11)18-9-5-7(13)4-8(14)10(9)17-12(18)15/h2-6H,1H3,(H2,15,17). The van der Waals surface area contributed by atoms with E-state index in [1.807, 2.05) is 12.3 Å². The van der Waals surface area contributed by atoms with Crippen molar-refractivity contribution in [1.82, 2.24) is 14.5 Å². The molecule has 0 saturated heterocycles. The van der Waals surface area contributed by atoms with Gasteiger partial charge in [-0.2, -0.15) is 0 Å². The third-order valence-electron chi connectivity index (χ3n) is 2.94. The van der Waals surface area contributed by atoms with Gasteiger partial charge in [0.25, 0.3) is 0 Å². The minimum atomic E-state index is -0.716. The quantitative estimate of drug-likeness (QED) is 0.785. The lowest BCUT2D eigenvalue weighted by molar-refractivity contribution is 0.588. The summed E-state index contributed by atoms with van der Waals surface area (Å²) in [6.45, 7) is 1.86. The van der Waals surface area contributed by atoms with E-state index in [1.54, 1.807) is 10.8 Å². The molecule has 0 bridgehead atoms. The molecule has 0 aliphatic carbocycles. The van der Waals surface area contributed by atoms with Gasteiger partial charge >= 0.3 is 0 Å². The van der Waals surface area contributed by atoms with Crippen molar-refractivity contribution in [2.24, 2.45) is 0 Å². The lowest BCUT2D eigenvalue weighted by Crippen LogP contribution is -2.09. The number of aromatic nitrogens is 3. The maximum Gasteiger partial charge on any atom is 0.201 e. The fourth-order valence-electron chi connectivity index (χ4n) is 2.10. The minimum Gasteiger partial charge on any atom is -0.369 e. The second kappa shape index (κ2) is 4.27. The van der Waals surface area contributed by atoms with Crippen molar-refractivity contribution < 1.29 is 8.78 Å². The number of nitrogens with zero attached hydrogens (tertiary/aromatic N) is 3. The Bertz CT molecular complexity index is 736. The molecule has 3 aromatic rings. The molecule has 1 atom stereocenters. The number of nitrogen functional groups attached to an aromatic ring is 1. The van der Waals surface area contributed by atoms with E-state index in [-0.39, 0.29) is 17.5 Å². The summed E-state index contributed by atoms with van der Waals surface area (Å²) in [6, 6.07) is 1.80. The zero-order chi connectivity index (χ0) is 13.6. The first kappa shape index (κ1) is 12.0. The molecule has 3 rings (SSSR count). The Kier molecular flexibility index (Phi) is 2.70. The molecule has 0 fully saturated rings. The highest BCUT2D eigenvalue weighted by Crippen LogP contribution is 2.29. The summed E-state index contributed by atoms with van der Waals surface area (Å²) in [5.74, 6) is -1.23. The molecule has 98 valence electrons. The van der Waals surface area contributed by atoms with Gasteiger partial charge in [0, 0.05) is 23.7 Å². The SMILES string of the molecule is CC(c1nccs1)n1c(N)nc2c(F)cc(F)cc21. The van der Waals surface area contributed by atoms with Crippen LogP contribution in [0.4, 0.5) is 14.7 Å². The van der Waals surface area contributed by atoms with Crippen molar-refractivity contribution in [2.75, 3.05) is 5.73 Å². The van der Waals surface area contributed by atoms with E-state index in [0.29, 0.717) is 5.52 Å². The molecular weight excluding hydrogens is 270 g/mol. The molecule has 2 aromatic heterocycles. The third-order valence-corrected chi connectivity index (χ3v) is 3.88. The maximum atomic E-state index is 13.7. The molecule has 0 amide bonds. The highest BCUT2D eigenvalue weighted by atomic mass is 32.1. The van der Waals surface area contributed by atoms with Crippen LogP contribution in [-0.4, -0.2) is 14.5 Å². The average molecular weight is 280 g/mol. The number of anilines is 1. The summed E-state index contributed by atoms with van der Waals surface area (Å²) < 4.78 is 28.6. The van der Waals surface area contributed by atoms with Crippen LogP contribution in [0.2, 0.25) is 0 Å². The van der Waals surface area contributed by atoms with Gasteiger partial charge in [0.2, 0.25) is 5.95 Å². The Morgan fingerprint density at radius 3 is 2.84 bits per heavy atom. The van der Waals surface area contributed by atoms with Crippen LogP contribution in [0, 0.1) is 11.6 Å². The summed E-state index contributed by atoms with van der Waals surface area (Å²) in [6.07, 6.45) is 1.67. The van der Waals surface area contributed by atoms with Crippen LogP contribution in [0.25, 0.3) is 11.0 Å². The summed E-state index contributed by atoms with van der Waals surface area (Å²) in [5, 5.41) is 2.64. The Hall–Kier alpha value is -2.02. The Balaban J connectivity index is 2.26. The lowest BCUT2D eigenvalue weighted by atomic mass is 10.2. The number of nitrogens with two attached hydrogens (primary N) is 1. The third kappa shape index (κ3) is 1.86. The number of benzene rings is 1. The smallest absolute Gasteiger partial charge is 0.201 e. The van der Waals surface area contributed by atoms with E-state index >= 15 is 0 Å². The van der Waals surface area contributed by atoms with Crippen molar-refractivity contribution in [3.63, 3.8) is 0 Å². The van der Waals surface area contributed by atoms with Crippen molar-refractivity contribution in [2.45, 2.75) is 13.0 Å². The van der Waals surface area contributed by atoms with Crippen LogP contribution in [0.1, 0.15) is 18.0 Å². The zero-order valence-corrected chi connectivity index (χ0v) is 10.8. The normalized spacial score (nSPS) is 13.0. The molecule has 4 nitrogen and oxygen atoms in total. The maximum absolute atomic E-state index is 13.7. The molecule has 0 radical (unpaired) electrons. The van der Waals surface area contributed by atoms with Crippen molar-refractivity contribution in [3.8, 4) is 0 Å². The molecule has 2 N–H and O–H groups in total. The van der Waals surface area contributed by atoms with Crippen molar-refractivity contribution in [1.29, 1.82) is 0 Å². The van der Waals surface area contributed by atoms with Gasteiger partial charge in [-0.15, -0.1) is 11.3 Å². The fraction of sp³-hybridized carbons (Fsp3) is 0.167. The Morgan fingerprint density at radius 2 is 2.16 bits per heavy atom. The van der Waals surface area contributed by atoms with Crippen LogP contribution in [0.15, 0.2) is 23.7 Å². The van der Waals surface area contributed by atoms with Crippen LogP contribution in [-0.2, 0) is 0 Å². The fourth-order valence-corrected chi connectivity index (χ4v) is 2.78. The Morgan fingerprint density at radius 1 is 1.37 bits per heavy atom. The molecule has 1 aromatic carbocycles. The van der Waals surface area contributed by atoms with E-state index in [9.17, 15) is 8.78 Å². The van der Waals surface area contributed by atoms with E-state index in [0.717, 1.165) is 11.1 Å². The van der Waals surface area contributed by atoms with Gasteiger partial charge < -0.3 is 10.3 Å². The zero-order valence-electron chi connectivity index (χ0n) is 9.97. The molecule has 19 heavy (non-hydrogen) atoms.